The first-order chi connectivity index (χ1) is 18.5. The zero-order chi connectivity index (χ0) is 28.7. The summed E-state index contributed by atoms with van der Waals surface area (Å²) in [6, 6.07) is 8.56. The Labute approximate surface area is 222 Å². The number of carboxylic acid groups (broad SMARTS) is 1. The van der Waals surface area contributed by atoms with Gasteiger partial charge in [-0.15, -0.1) is 0 Å². The fourth-order valence-electron chi connectivity index (χ4n) is 3.99. The largest absolute Gasteiger partial charge is 0.504 e. The number of esters is 2. The number of carbonyl (C=O) groups is 3. The lowest BCUT2D eigenvalue weighted by atomic mass is 9.79. The highest BCUT2D eigenvalue weighted by atomic mass is 16.6. The van der Waals surface area contributed by atoms with Crippen LogP contribution in [0.4, 0.5) is 0 Å². The molecule has 39 heavy (non-hydrogen) atoms. The maximum Gasteiger partial charge on any atom is 0.348 e. The first-order valence-corrected chi connectivity index (χ1v) is 11.6. The number of aliphatic hydroxyl groups excluding tert-OH is 2. The number of aromatic hydroxyl groups is 2. The molecule has 0 saturated heterocycles. The number of phenols is 2. The molecule has 0 spiro atoms. The number of carboxylic acids is 1. The summed E-state index contributed by atoms with van der Waals surface area (Å²) in [5, 5.41) is 49.9. The first-order valence-electron chi connectivity index (χ1n) is 11.6. The number of carbonyl (C=O) groups excluding carboxylic acids is 2. The van der Waals surface area contributed by atoms with Crippen LogP contribution in [0.5, 0.6) is 23.0 Å². The van der Waals surface area contributed by atoms with Gasteiger partial charge in [-0.3, -0.25) is 0 Å². The second-order valence-electron chi connectivity index (χ2n) is 8.69. The Kier molecular flexibility index (Phi) is 9.17. The molecule has 1 fully saturated rings. The summed E-state index contributed by atoms with van der Waals surface area (Å²) in [4.78, 5) is 37.1. The van der Waals surface area contributed by atoms with Crippen LogP contribution in [0.15, 0.2) is 48.6 Å². The van der Waals surface area contributed by atoms with Crippen molar-refractivity contribution in [2.24, 2.45) is 0 Å². The highest BCUT2D eigenvalue weighted by Gasteiger charge is 2.54. The number of ether oxygens (including phenoxy) is 4. The minimum absolute atomic E-state index is 0.103. The van der Waals surface area contributed by atoms with E-state index in [-0.39, 0.29) is 23.0 Å². The van der Waals surface area contributed by atoms with E-state index in [1.54, 1.807) is 0 Å². The van der Waals surface area contributed by atoms with Gasteiger partial charge in [-0.1, -0.05) is 12.1 Å². The number of aliphatic hydroxyl groups is 2. The van der Waals surface area contributed by atoms with Gasteiger partial charge in [0.05, 0.1) is 20.3 Å². The maximum absolute atomic E-state index is 12.5. The molecule has 4 atom stereocenters. The lowest BCUT2D eigenvalue weighted by molar-refractivity contribution is -0.207. The van der Waals surface area contributed by atoms with Gasteiger partial charge < -0.3 is 44.5 Å². The molecule has 12 nitrogen and oxygen atoms in total. The molecule has 208 valence electrons. The maximum atomic E-state index is 12.5. The van der Waals surface area contributed by atoms with Crippen LogP contribution in [0.3, 0.4) is 0 Å². The van der Waals surface area contributed by atoms with Crippen molar-refractivity contribution in [1.82, 2.24) is 0 Å². The molecular formula is C27H28O12. The van der Waals surface area contributed by atoms with Crippen molar-refractivity contribution in [1.29, 1.82) is 0 Å². The van der Waals surface area contributed by atoms with E-state index < -0.39 is 54.7 Å². The minimum Gasteiger partial charge on any atom is -0.504 e. The van der Waals surface area contributed by atoms with Gasteiger partial charge in [-0.2, -0.15) is 0 Å². The van der Waals surface area contributed by atoms with E-state index in [1.807, 2.05) is 0 Å². The van der Waals surface area contributed by atoms with Gasteiger partial charge >= 0.3 is 17.9 Å². The summed E-state index contributed by atoms with van der Waals surface area (Å²) in [5.41, 5.74) is -1.39. The summed E-state index contributed by atoms with van der Waals surface area (Å²) in [6.07, 6.45) is -1.52. The van der Waals surface area contributed by atoms with E-state index in [9.17, 15) is 39.9 Å². The van der Waals surface area contributed by atoms with Crippen LogP contribution >= 0.6 is 0 Å². The van der Waals surface area contributed by atoms with Crippen LogP contribution in [0, 0.1) is 0 Å². The Balaban J connectivity index is 1.73. The molecule has 2 aromatic carbocycles. The summed E-state index contributed by atoms with van der Waals surface area (Å²) >= 11 is 0. The van der Waals surface area contributed by atoms with Crippen molar-refractivity contribution < 1.29 is 58.9 Å². The number of hydrogen-bond acceptors (Lipinski definition) is 11. The molecule has 1 saturated carbocycles. The Morgan fingerprint density at radius 1 is 0.846 bits per heavy atom. The standard InChI is InChI=1S/C27H28O12/c1-36-20-11-15(3-7-17(20)28)5-9-23(31)38-22-14-27(26(34)35,13-19(30)25(22)33)39-24(32)10-6-16-4-8-18(29)21(12-16)37-2/h3-12,19,22,25,28-30,33H,13-14H2,1-2H3,(H,34,35)/b9-5+,10-6+/t19-,22-,25+,27-/m0/s1. The Bertz CT molecular complexity index is 1280. The van der Waals surface area contributed by atoms with E-state index in [1.165, 1.54) is 62.8 Å². The lowest BCUT2D eigenvalue weighted by Gasteiger charge is -2.41. The smallest absolute Gasteiger partial charge is 0.348 e. The Morgan fingerprint density at radius 2 is 1.36 bits per heavy atom. The molecule has 0 radical (unpaired) electrons. The quantitative estimate of drug-likeness (QED) is 0.227. The highest BCUT2D eigenvalue weighted by Crippen LogP contribution is 2.35. The van der Waals surface area contributed by atoms with E-state index >= 15 is 0 Å². The third kappa shape index (κ3) is 7.06. The van der Waals surface area contributed by atoms with Crippen LogP contribution in [-0.4, -0.2) is 81.6 Å². The van der Waals surface area contributed by atoms with Crippen molar-refractivity contribution in [2.75, 3.05) is 14.2 Å². The van der Waals surface area contributed by atoms with Gasteiger partial charge in [-0.25, -0.2) is 14.4 Å². The monoisotopic (exact) mass is 544 g/mol. The van der Waals surface area contributed by atoms with Crippen LogP contribution in [-0.2, 0) is 23.9 Å². The predicted octanol–water partition coefficient (Wildman–Crippen LogP) is 1.64. The van der Waals surface area contributed by atoms with Crippen molar-refractivity contribution in [3.8, 4) is 23.0 Å². The average Bonchev–Trinajstić information content (AvgIpc) is 2.90. The van der Waals surface area contributed by atoms with E-state index in [4.69, 9.17) is 18.9 Å². The number of methoxy groups -OCH3 is 2. The molecule has 0 aromatic heterocycles. The van der Waals surface area contributed by atoms with Crippen LogP contribution in [0.1, 0.15) is 24.0 Å². The number of phenolic OH excluding ortho intramolecular Hbond substituents is 2. The normalized spacial score (nSPS) is 22.9. The van der Waals surface area contributed by atoms with Crippen molar-refractivity contribution in [2.45, 2.75) is 36.8 Å². The number of aliphatic carboxylic acids is 1. The number of hydrogen-bond donors (Lipinski definition) is 5. The van der Waals surface area contributed by atoms with Crippen molar-refractivity contribution >= 4 is 30.1 Å². The SMILES string of the molecule is COc1cc(/C=C/C(=O)O[C@H]2C[C@](OC(=O)/C=C/c3ccc(O)c(OC)c3)(C(=O)O)C[C@H](O)[C@H]2O)ccc1O. The van der Waals surface area contributed by atoms with Gasteiger partial charge in [0.2, 0.25) is 5.60 Å². The second-order valence-corrected chi connectivity index (χ2v) is 8.69. The minimum atomic E-state index is -2.30. The second kappa shape index (κ2) is 12.3. The molecule has 2 aromatic rings. The Hall–Kier alpha value is -4.55. The fraction of sp³-hybridized carbons (Fsp3) is 0.296. The van der Waals surface area contributed by atoms with Gasteiger partial charge in [0, 0.05) is 25.0 Å². The molecule has 1 aliphatic carbocycles. The predicted molar refractivity (Wildman–Crippen MR) is 135 cm³/mol. The molecule has 0 bridgehead atoms. The number of benzene rings is 2. The first kappa shape index (κ1) is 29.0. The molecule has 12 heteroatoms. The van der Waals surface area contributed by atoms with E-state index in [0.29, 0.717) is 11.1 Å². The summed E-state index contributed by atoms with van der Waals surface area (Å²) in [7, 11) is 2.70. The highest BCUT2D eigenvalue weighted by molar-refractivity contribution is 5.91. The topological polar surface area (TPSA) is 189 Å². The molecule has 0 heterocycles. The molecule has 1 aliphatic rings. The van der Waals surface area contributed by atoms with Crippen molar-refractivity contribution in [3.63, 3.8) is 0 Å². The van der Waals surface area contributed by atoms with E-state index in [2.05, 4.69) is 0 Å². The van der Waals surface area contributed by atoms with Crippen LogP contribution in [0.25, 0.3) is 12.2 Å². The summed E-state index contributed by atoms with van der Waals surface area (Å²) < 4.78 is 20.4. The summed E-state index contributed by atoms with van der Waals surface area (Å²) in [6.45, 7) is 0. The third-order valence-electron chi connectivity index (χ3n) is 6.03. The van der Waals surface area contributed by atoms with Crippen molar-refractivity contribution in [3.05, 3.63) is 59.7 Å². The fourth-order valence-corrected chi connectivity index (χ4v) is 3.99. The summed E-state index contributed by atoms with van der Waals surface area (Å²) in [5.74, 6) is -3.53. The zero-order valence-electron chi connectivity index (χ0n) is 21.0. The Morgan fingerprint density at radius 3 is 1.85 bits per heavy atom. The zero-order valence-corrected chi connectivity index (χ0v) is 21.0. The van der Waals surface area contributed by atoms with Crippen LogP contribution < -0.4 is 9.47 Å². The third-order valence-corrected chi connectivity index (χ3v) is 6.03. The van der Waals surface area contributed by atoms with Gasteiger partial charge in [0.25, 0.3) is 0 Å². The molecule has 0 unspecified atom stereocenters. The van der Waals surface area contributed by atoms with Crippen LogP contribution in [0.2, 0.25) is 0 Å². The molecule has 5 N–H and O–H groups in total. The molecule has 3 rings (SSSR count). The van der Waals surface area contributed by atoms with Gasteiger partial charge in [-0.05, 0) is 47.5 Å². The number of rotatable bonds is 9. The molecule has 0 amide bonds. The van der Waals surface area contributed by atoms with Gasteiger partial charge in [0.1, 0.15) is 12.2 Å². The van der Waals surface area contributed by atoms with E-state index in [0.717, 1.165) is 12.2 Å². The lowest BCUT2D eigenvalue weighted by Crippen LogP contribution is -2.58. The average molecular weight is 545 g/mol. The van der Waals surface area contributed by atoms with Gasteiger partial charge in [0.15, 0.2) is 23.0 Å². The molecule has 0 aliphatic heterocycles. The molecular weight excluding hydrogens is 516 g/mol.